The van der Waals surface area contributed by atoms with Gasteiger partial charge in [0.1, 0.15) is 0 Å². The normalized spacial score (nSPS) is 17.8. The van der Waals surface area contributed by atoms with Gasteiger partial charge >= 0.3 is 5.97 Å². The van der Waals surface area contributed by atoms with Crippen molar-refractivity contribution in [1.29, 1.82) is 0 Å². The number of halogens is 1. The van der Waals surface area contributed by atoms with Crippen LogP contribution >= 0.6 is 12.4 Å². The molecule has 22 heavy (non-hydrogen) atoms. The van der Waals surface area contributed by atoms with Gasteiger partial charge in [0.25, 0.3) is 0 Å². The van der Waals surface area contributed by atoms with Crippen molar-refractivity contribution in [3.8, 4) is 0 Å². The summed E-state index contributed by atoms with van der Waals surface area (Å²) < 4.78 is 31.4. The monoisotopic (exact) mass is 348 g/mol. The highest BCUT2D eigenvalue weighted by Crippen LogP contribution is 2.12. The van der Waals surface area contributed by atoms with Crippen LogP contribution in [0, 0.1) is 0 Å². The number of sulfonamides is 1. The van der Waals surface area contributed by atoms with Crippen LogP contribution in [0.4, 0.5) is 0 Å². The Balaban J connectivity index is 0.00000242. The number of hydrogen-bond acceptors (Lipinski definition) is 5. The molecule has 1 saturated heterocycles. The van der Waals surface area contributed by atoms with Crippen molar-refractivity contribution in [2.75, 3.05) is 20.2 Å². The van der Waals surface area contributed by atoms with Crippen molar-refractivity contribution in [2.24, 2.45) is 0 Å². The topological polar surface area (TPSA) is 84.5 Å². The summed E-state index contributed by atoms with van der Waals surface area (Å²) in [6.07, 6.45) is 3.02. The fraction of sp³-hybridized carbons (Fsp3) is 0.500. The van der Waals surface area contributed by atoms with Crippen LogP contribution in [0.1, 0.15) is 29.6 Å². The first-order valence-corrected chi connectivity index (χ1v) is 8.42. The third kappa shape index (κ3) is 4.95. The van der Waals surface area contributed by atoms with E-state index < -0.39 is 16.0 Å². The SMILES string of the molecule is COC(=O)c1ccc(S(=O)(=O)NCC[C@H]2CCCN2)cc1.Cl. The third-order valence-electron chi connectivity index (χ3n) is 3.53. The van der Waals surface area contributed by atoms with E-state index in [0.29, 0.717) is 18.2 Å². The number of carbonyl (C=O) groups excluding carboxylic acids is 1. The van der Waals surface area contributed by atoms with Crippen LogP contribution in [0.5, 0.6) is 0 Å². The second kappa shape index (κ2) is 8.47. The van der Waals surface area contributed by atoms with Crippen LogP contribution < -0.4 is 10.0 Å². The molecule has 1 aliphatic heterocycles. The number of hydrogen-bond donors (Lipinski definition) is 2. The number of ether oxygens (including phenoxy) is 1. The molecule has 1 heterocycles. The molecular formula is C14H21ClN2O4S. The lowest BCUT2D eigenvalue weighted by Gasteiger charge is -2.11. The minimum atomic E-state index is -3.53. The largest absolute Gasteiger partial charge is 0.465 e. The van der Waals surface area contributed by atoms with Gasteiger partial charge in [0.2, 0.25) is 10.0 Å². The summed E-state index contributed by atoms with van der Waals surface area (Å²) in [7, 11) is -2.25. The Labute approximate surface area is 137 Å². The van der Waals surface area contributed by atoms with Gasteiger partial charge in [-0.2, -0.15) is 0 Å². The predicted octanol–water partition coefficient (Wildman–Crippen LogP) is 1.32. The molecule has 1 atom stereocenters. The van der Waals surface area contributed by atoms with Crippen molar-refractivity contribution in [3.05, 3.63) is 29.8 Å². The summed E-state index contributed by atoms with van der Waals surface area (Å²) in [5.41, 5.74) is 0.326. The lowest BCUT2D eigenvalue weighted by atomic mass is 10.2. The zero-order valence-electron chi connectivity index (χ0n) is 12.4. The number of nitrogens with one attached hydrogen (secondary N) is 2. The van der Waals surface area contributed by atoms with Crippen LogP contribution in [0.3, 0.4) is 0 Å². The highest BCUT2D eigenvalue weighted by Gasteiger charge is 2.17. The molecule has 124 valence electrons. The summed E-state index contributed by atoms with van der Waals surface area (Å²) in [4.78, 5) is 11.4. The molecule has 1 aromatic carbocycles. The van der Waals surface area contributed by atoms with Gasteiger partial charge in [-0.15, -0.1) is 12.4 Å². The van der Waals surface area contributed by atoms with E-state index in [4.69, 9.17) is 0 Å². The Morgan fingerprint density at radius 1 is 1.36 bits per heavy atom. The first kappa shape index (κ1) is 18.9. The number of rotatable bonds is 6. The average Bonchev–Trinajstić information content (AvgIpc) is 2.99. The van der Waals surface area contributed by atoms with Crippen LogP contribution in [0.25, 0.3) is 0 Å². The summed E-state index contributed by atoms with van der Waals surface area (Å²) in [6, 6.07) is 6.09. The Morgan fingerprint density at radius 3 is 2.59 bits per heavy atom. The summed E-state index contributed by atoms with van der Waals surface area (Å²) in [5.74, 6) is -0.487. The van der Waals surface area contributed by atoms with Crippen LogP contribution in [0.2, 0.25) is 0 Å². The molecule has 6 nitrogen and oxygen atoms in total. The van der Waals surface area contributed by atoms with Crippen LogP contribution in [0.15, 0.2) is 29.2 Å². The molecule has 0 unspecified atom stereocenters. The Bertz CT molecular complexity index is 583. The first-order chi connectivity index (χ1) is 10.0. The number of methoxy groups -OCH3 is 1. The van der Waals surface area contributed by atoms with E-state index in [-0.39, 0.29) is 17.3 Å². The second-order valence-electron chi connectivity index (χ2n) is 5.00. The highest BCUT2D eigenvalue weighted by atomic mass is 35.5. The Kier molecular flexibility index (Phi) is 7.28. The predicted molar refractivity (Wildman–Crippen MR) is 85.9 cm³/mol. The summed E-state index contributed by atoms with van der Waals surface area (Å²) in [5, 5.41) is 3.32. The van der Waals surface area contributed by atoms with Gasteiger partial charge in [0, 0.05) is 12.6 Å². The Morgan fingerprint density at radius 2 is 2.05 bits per heavy atom. The molecule has 1 fully saturated rings. The standard InChI is InChI=1S/C14H20N2O4S.ClH/c1-20-14(17)11-4-6-13(7-5-11)21(18,19)16-10-8-12-3-2-9-15-12;/h4-7,12,15-16H,2-3,8-10H2,1H3;1H/t12-;/m1./s1. The van der Waals surface area contributed by atoms with E-state index in [1.54, 1.807) is 0 Å². The molecule has 2 N–H and O–H groups in total. The van der Waals surface area contributed by atoms with Crippen molar-refractivity contribution >= 4 is 28.4 Å². The molecule has 0 radical (unpaired) electrons. The smallest absolute Gasteiger partial charge is 0.337 e. The van der Waals surface area contributed by atoms with E-state index in [9.17, 15) is 13.2 Å². The van der Waals surface area contributed by atoms with Crippen LogP contribution in [-0.4, -0.2) is 40.6 Å². The third-order valence-corrected chi connectivity index (χ3v) is 5.01. The maximum atomic E-state index is 12.1. The molecule has 1 aromatic rings. The van der Waals surface area contributed by atoms with E-state index in [1.807, 2.05) is 0 Å². The van der Waals surface area contributed by atoms with Gasteiger partial charge < -0.3 is 10.1 Å². The van der Waals surface area contributed by atoms with Gasteiger partial charge in [-0.05, 0) is 50.1 Å². The quantitative estimate of drug-likeness (QED) is 0.757. The minimum Gasteiger partial charge on any atom is -0.465 e. The van der Waals surface area contributed by atoms with E-state index >= 15 is 0 Å². The molecule has 0 aromatic heterocycles. The van der Waals surface area contributed by atoms with Gasteiger partial charge in [-0.3, -0.25) is 0 Å². The zero-order valence-corrected chi connectivity index (χ0v) is 14.0. The van der Waals surface area contributed by atoms with Crippen molar-refractivity contribution < 1.29 is 17.9 Å². The molecule has 0 aliphatic carbocycles. The van der Waals surface area contributed by atoms with Crippen molar-refractivity contribution in [1.82, 2.24) is 10.0 Å². The minimum absolute atomic E-state index is 0. The maximum absolute atomic E-state index is 12.1. The molecule has 1 aliphatic rings. The molecule has 0 spiro atoms. The van der Waals surface area contributed by atoms with Crippen molar-refractivity contribution in [2.45, 2.75) is 30.2 Å². The lowest BCUT2D eigenvalue weighted by Crippen LogP contribution is -2.30. The zero-order chi connectivity index (χ0) is 15.3. The summed E-state index contributed by atoms with van der Waals surface area (Å²) >= 11 is 0. The molecule has 0 amide bonds. The molecule has 0 bridgehead atoms. The van der Waals surface area contributed by atoms with Gasteiger partial charge in [0.15, 0.2) is 0 Å². The average molecular weight is 349 g/mol. The van der Waals surface area contributed by atoms with Gasteiger partial charge in [0.05, 0.1) is 17.6 Å². The van der Waals surface area contributed by atoms with E-state index in [2.05, 4.69) is 14.8 Å². The van der Waals surface area contributed by atoms with Crippen LogP contribution in [-0.2, 0) is 14.8 Å². The number of benzene rings is 1. The van der Waals surface area contributed by atoms with E-state index in [0.717, 1.165) is 25.8 Å². The molecular weight excluding hydrogens is 328 g/mol. The fourth-order valence-corrected chi connectivity index (χ4v) is 3.39. The highest BCUT2D eigenvalue weighted by molar-refractivity contribution is 7.89. The van der Waals surface area contributed by atoms with Gasteiger partial charge in [-0.1, -0.05) is 0 Å². The second-order valence-corrected chi connectivity index (χ2v) is 6.76. The molecule has 8 heteroatoms. The molecule has 0 saturated carbocycles. The Hall–Kier alpha value is -1.15. The fourth-order valence-electron chi connectivity index (χ4n) is 2.34. The van der Waals surface area contributed by atoms with E-state index in [1.165, 1.54) is 31.4 Å². The number of esters is 1. The summed E-state index contributed by atoms with van der Waals surface area (Å²) in [6.45, 7) is 1.41. The lowest BCUT2D eigenvalue weighted by molar-refractivity contribution is 0.0600. The first-order valence-electron chi connectivity index (χ1n) is 6.94. The molecule has 2 rings (SSSR count). The van der Waals surface area contributed by atoms with Crippen molar-refractivity contribution in [3.63, 3.8) is 0 Å². The maximum Gasteiger partial charge on any atom is 0.337 e. The van der Waals surface area contributed by atoms with Gasteiger partial charge in [-0.25, -0.2) is 17.9 Å². The number of carbonyl (C=O) groups is 1.